The van der Waals surface area contributed by atoms with Gasteiger partial charge in [-0.2, -0.15) is 9.34 Å². The Bertz CT molecular complexity index is 893. The van der Waals surface area contributed by atoms with Crippen LogP contribution in [-0.2, 0) is 0 Å². The van der Waals surface area contributed by atoms with Gasteiger partial charge in [-0.25, -0.2) is 0 Å². The Balaban J connectivity index is 1.75. The Morgan fingerprint density at radius 1 is 0.600 bits per heavy atom. The van der Waals surface area contributed by atoms with Gasteiger partial charge in [0.2, 0.25) is 0 Å². The van der Waals surface area contributed by atoms with Gasteiger partial charge in [-0.1, -0.05) is 42.5 Å². The zero-order chi connectivity index (χ0) is 17.0. The van der Waals surface area contributed by atoms with Crippen LogP contribution in [0.15, 0.2) is 78.9 Å². The smallest absolute Gasteiger partial charge is 0.276 e. The van der Waals surface area contributed by atoms with E-state index in [-0.39, 0.29) is 0 Å². The van der Waals surface area contributed by atoms with Crippen LogP contribution in [0, 0.1) is 0 Å². The second kappa shape index (κ2) is 5.14. The van der Waals surface area contributed by atoms with Crippen LogP contribution >= 0.6 is 7.94 Å². The first-order valence-corrected chi connectivity index (χ1v) is 9.91. The van der Waals surface area contributed by atoms with Crippen LogP contribution in [0.1, 0.15) is 0 Å². The van der Waals surface area contributed by atoms with Crippen molar-refractivity contribution in [2.75, 3.05) is 28.1 Å². The second-order valence-electron chi connectivity index (χ2n) is 6.25. The summed E-state index contributed by atoms with van der Waals surface area (Å²) in [6.07, 6.45) is 0. The molecule has 0 N–H and O–H groups in total. The molecule has 0 saturated heterocycles. The molecule has 0 bridgehead atoms. The van der Waals surface area contributed by atoms with Crippen LogP contribution in [0.5, 0.6) is 5.75 Å². The summed E-state index contributed by atoms with van der Waals surface area (Å²) in [7, 11) is 2.00. The fourth-order valence-corrected chi connectivity index (χ4v) is 7.25. The molecule has 2 aliphatic heterocycles. The third-order valence-corrected chi connectivity index (χ3v) is 8.33. The summed E-state index contributed by atoms with van der Waals surface area (Å²) in [6, 6.07) is 27.2. The van der Waals surface area contributed by atoms with Crippen LogP contribution in [0.3, 0.4) is 0 Å². The van der Waals surface area contributed by atoms with Gasteiger partial charge in [0.25, 0.3) is 0 Å². The average Bonchev–Trinajstić information content (AvgIpc) is 3.06. The maximum absolute atomic E-state index is 6.77. The van der Waals surface area contributed by atoms with Crippen molar-refractivity contribution in [2.24, 2.45) is 0 Å². The lowest BCUT2D eigenvalue weighted by atomic mass is 10.2. The van der Waals surface area contributed by atoms with Gasteiger partial charge in [-0.15, -0.1) is 4.67 Å². The van der Waals surface area contributed by atoms with Gasteiger partial charge >= 0.3 is 7.94 Å². The lowest BCUT2D eigenvalue weighted by molar-refractivity contribution is 0.590. The van der Waals surface area contributed by atoms with Gasteiger partial charge in [0.15, 0.2) is 5.75 Å². The fourth-order valence-electron chi connectivity index (χ4n) is 3.78. The summed E-state index contributed by atoms with van der Waals surface area (Å²) in [5, 5.41) is 0. The van der Waals surface area contributed by atoms with E-state index in [0.29, 0.717) is 0 Å². The van der Waals surface area contributed by atoms with Crippen molar-refractivity contribution in [3.05, 3.63) is 78.9 Å². The van der Waals surface area contributed by atoms with Gasteiger partial charge in [0.1, 0.15) is 22.7 Å². The minimum absolute atomic E-state index is 0.889. The van der Waals surface area contributed by atoms with Crippen molar-refractivity contribution in [3.63, 3.8) is 0 Å². The van der Waals surface area contributed by atoms with Crippen LogP contribution in [0.2, 0.25) is 0 Å². The molecule has 25 heavy (non-hydrogen) atoms. The average molecular weight is 348 g/mol. The fraction of sp³-hybridized carbons (Fsp3) is 0.100. The first-order chi connectivity index (χ1) is 12.2. The first kappa shape index (κ1) is 14.6. The number of hydrogen-bond acceptors (Lipinski definition) is 4. The number of rotatable bonds is 2. The zero-order valence-corrected chi connectivity index (χ0v) is 15.1. The molecule has 0 fully saturated rings. The van der Waals surface area contributed by atoms with Crippen molar-refractivity contribution in [1.29, 1.82) is 0 Å². The predicted octanol–water partition coefficient (Wildman–Crippen LogP) is 5.48. The number of nitrogens with zero attached hydrogens (tertiary/aromatic N) is 3. The molecule has 0 atom stereocenters. The molecule has 3 aromatic rings. The molecule has 0 aromatic heterocycles. The molecular weight excluding hydrogens is 329 g/mol. The highest BCUT2D eigenvalue weighted by molar-refractivity contribution is 7.77. The molecule has 2 heterocycles. The molecule has 0 unspecified atom stereocenters. The molecule has 0 spiro atoms. The summed E-state index contributed by atoms with van der Waals surface area (Å²) in [4.78, 5) is 0. The highest BCUT2D eigenvalue weighted by atomic mass is 31.2. The third-order valence-electron chi connectivity index (χ3n) is 4.93. The van der Waals surface area contributed by atoms with E-state index in [2.05, 4.69) is 76.6 Å². The van der Waals surface area contributed by atoms with Crippen LogP contribution in [-0.4, -0.2) is 14.1 Å². The quantitative estimate of drug-likeness (QED) is 0.571. The third kappa shape index (κ3) is 1.80. The number of hydrogen-bond donors (Lipinski definition) is 0. The predicted molar refractivity (Wildman–Crippen MR) is 106 cm³/mol. The summed E-state index contributed by atoms with van der Waals surface area (Å²) in [5.74, 6) is 0.889. The molecule has 5 heteroatoms. The lowest BCUT2D eigenvalue weighted by Crippen LogP contribution is -2.35. The summed E-state index contributed by atoms with van der Waals surface area (Å²) in [5.41, 5.74) is 4.80. The SMILES string of the molecule is CN1c2ccccc2N2c3ccccc3N(C)[P+]12Oc1ccccc1. The van der Waals surface area contributed by atoms with E-state index in [4.69, 9.17) is 4.52 Å². The van der Waals surface area contributed by atoms with E-state index in [9.17, 15) is 0 Å². The highest BCUT2D eigenvalue weighted by Gasteiger charge is 2.69. The molecule has 0 amide bonds. The van der Waals surface area contributed by atoms with E-state index in [0.717, 1.165) is 5.75 Å². The van der Waals surface area contributed by atoms with Gasteiger partial charge in [0.05, 0.1) is 14.1 Å². The summed E-state index contributed by atoms with van der Waals surface area (Å²) < 4.78 is 13.8. The van der Waals surface area contributed by atoms with Crippen molar-refractivity contribution < 1.29 is 4.52 Å². The van der Waals surface area contributed by atoms with Crippen LogP contribution in [0.4, 0.5) is 22.7 Å². The molecule has 0 saturated carbocycles. The topological polar surface area (TPSA) is 19.0 Å². The Kier molecular flexibility index (Phi) is 3.01. The zero-order valence-electron chi connectivity index (χ0n) is 14.2. The molecule has 4 nitrogen and oxygen atoms in total. The Hall–Kier alpha value is -2.71. The standard InChI is InChI=1S/C20H19N3OP/c1-21-17-12-6-8-14-19(17)23-20-15-9-7-13-18(20)22(2)25(21,23)24-16-10-4-3-5-11-16/h3-15H,1-2H3/q+1. The van der Waals surface area contributed by atoms with Crippen molar-refractivity contribution >= 4 is 30.7 Å². The Morgan fingerprint density at radius 2 is 1.04 bits per heavy atom. The second-order valence-corrected chi connectivity index (χ2v) is 9.06. The number of para-hydroxylation sites is 5. The summed E-state index contributed by atoms with van der Waals surface area (Å²) >= 11 is 0. The van der Waals surface area contributed by atoms with E-state index in [1.807, 2.05) is 30.3 Å². The molecular formula is C20H19N3OP+. The lowest BCUT2D eigenvalue weighted by Gasteiger charge is -2.31. The van der Waals surface area contributed by atoms with Gasteiger partial charge in [-0.05, 0) is 36.4 Å². The summed E-state index contributed by atoms with van der Waals surface area (Å²) in [6.45, 7) is 0. The number of fused-ring (bicyclic) bond motifs is 5. The maximum Gasteiger partial charge on any atom is 0.493 e. The van der Waals surface area contributed by atoms with E-state index in [1.165, 1.54) is 22.7 Å². The van der Waals surface area contributed by atoms with Gasteiger partial charge in [0, 0.05) is 0 Å². The molecule has 0 aliphatic carbocycles. The molecule has 3 aromatic carbocycles. The number of anilines is 4. The molecule has 0 radical (unpaired) electrons. The molecule has 124 valence electrons. The van der Waals surface area contributed by atoms with Gasteiger partial charge in [-0.3, -0.25) is 4.52 Å². The maximum atomic E-state index is 6.77. The van der Waals surface area contributed by atoms with Crippen molar-refractivity contribution in [1.82, 2.24) is 0 Å². The first-order valence-electron chi connectivity index (χ1n) is 8.34. The monoisotopic (exact) mass is 348 g/mol. The molecule has 2 aliphatic rings. The minimum Gasteiger partial charge on any atom is -0.276 e. The minimum atomic E-state index is -2.28. The van der Waals surface area contributed by atoms with E-state index in [1.54, 1.807) is 0 Å². The largest absolute Gasteiger partial charge is 0.493 e. The highest BCUT2D eigenvalue weighted by Crippen LogP contribution is 2.81. The Labute approximate surface area is 148 Å². The van der Waals surface area contributed by atoms with Crippen LogP contribution < -0.4 is 18.5 Å². The van der Waals surface area contributed by atoms with E-state index < -0.39 is 7.94 Å². The van der Waals surface area contributed by atoms with E-state index >= 15 is 0 Å². The molecule has 5 rings (SSSR count). The number of benzene rings is 3. The van der Waals surface area contributed by atoms with Crippen LogP contribution in [0.25, 0.3) is 0 Å². The van der Waals surface area contributed by atoms with Crippen molar-refractivity contribution in [2.45, 2.75) is 0 Å². The Morgan fingerprint density at radius 3 is 1.56 bits per heavy atom. The van der Waals surface area contributed by atoms with Crippen molar-refractivity contribution in [3.8, 4) is 5.75 Å². The normalized spacial score (nSPS) is 16.5. The van der Waals surface area contributed by atoms with Gasteiger partial charge < -0.3 is 0 Å².